The number of primary amides is 1. The van der Waals surface area contributed by atoms with Gasteiger partial charge in [0, 0.05) is 134 Å². The summed E-state index contributed by atoms with van der Waals surface area (Å²) >= 11 is 8.09. The standard InChI is InChI=1S/C78H99ClN14O18S/c1-48(2)70(88-65(95)21-30-105-33-35-107-37-38-108-36-34-106-31-23-81-64(94)20-26-92-66(96)18-19-67(92)97)74(100)87-59(9-8-22-82-76(80)102)72(98)83-54-12-10-50(11-13-54)46-110-77(103)89(4)27-28-90(5)78(104)111-63-43-62-69(68-49(3)47-112-71(63)68)53(44-79)45-93(62)75(101)61-42-51-39-55(14-16-57(51)86-61)84-73(99)60-41-52-40-56(15-17-58(52)85-60)109-32-29-91-24-6-7-25-91/h10-19,39-43,47-48,53,59,70,77,85-86,103H,6-9,20-38,44-46H2,1-5H3,(H,81,94)(H,83,98)(H,84,99)(H,87,100)(H,88,95)(H3,80,82,102). The van der Waals surface area contributed by atoms with E-state index in [2.05, 4.69) is 46.8 Å². The topological polar surface area (TPSA) is 402 Å². The smallest absolute Gasteiger partial charge is 0.415 e. The lowest BCUT2D eigenvalue weighted by Gasteiger charge is -2.26. The lowest BCUT2D eigenvalue weighted by Crippen LogP contribution is -2.54. The maximum Gasteiger partial charge on any atom is 0.415 e. The summed E-state index contributed by atoms with van der Waals surface area (Å²) in [7, 11) is 3.19. The van der Waals surface area contributed by atoms with Crippen molar-refractivity contribution in [3.05, 3.63) is 124 Å². The van der Waals surface area contributed by atoms with Gasteiger partial charge in [0.05, 0.1) is 69.8 Å². The van der Waals surface area contributed by atoms with Crippen molar-refractivity contribution in [3.63, 3.8) is 0 Å². The number of fused-ring (bicyclic) bond motifs is 5. The first-order chi connectivity index (χ1) is 54.0. The number of halogens is 1. The van der Waals surface area contributed by atoms with E-state index in [0.717, 1.165) is 62.4 Å². The van der Waals surface area contributed by atoms with Crippen LogP contribution in [0, 0.1) is 12.8 Å². The number of thiophene rings is 1. The minimum atomic E-state index is -1.40. The van der Waals surface area contributed by atoms with Gasteiger partial charge in [-0.2, -0.15) is 0 Å². The predicted molar refractivity (Wildman–Crippen MR) is 421 cm³/mol. The van der Waals surface area contributed by atoms with Crippen LogP contribution in [-0.4, -0.2) is 251 Å². The maximum absolute atomic E-state index is 14.7. The Morgan fingerprint density at radius 1 is 0.714 bits per heavy atom. The van der Waals surface area contributed by atoms with Crippen LogP contribution in [0.3, 0.4) is 0 Å². The van der Waals surface area contributed by atoms with Gasteiger partial charge in [-0.1, -0.05) is 26.0 Å². The number of anilines is 3. The first-order valence-corrected chi connectivity index (χ1v) is 38.8. The number of likely N-dealkylation sites (N-methyl/N-ethyl adjacent to an activating group) is 2. The van der Waals surface area contributed by atoms with Gasteiger partial charge in [-0.3, -0.25) is 53.1 Å². The largest absolute Gasteiger partial charge is 0.492 e. The van der Waals surface area contributed by atoms with Gasteiger partial charge in [0.15, 0.2) is 5.75 Å². The lowest BCUT2D eigenvalue weighted by molar-refractivity contribution is -0.192. The van der Waals surface area contributed by atoms with Crippen molar-refractivity contribution in [2.45, 2.75) is 90.3 Å². The highest BCUT2D eigenvalue weighted by molar-refractivity contribution is 7.17. The fourth-order valence-electron chi connectivity index (χ4n) is 13.0. The van der Waals surface area contributed by atoms with Gasteiger partial charge in [-0.25, -0.2) is 9.59 Å². The Morgan fingerprint density at radius 2 is 1.38 bits per heavy atom. The first kappa shape index (κ1) is 84.4. The lowest BCUT2D eigenvalue weighted by atomic mass is 9.97. The molecule has 1 saturated heterocycles. The van der Waals surface area contributed by atoms with E-state index < -0.39 is 60.2 Å². The average molecular weight is 1590 g/mol. The molecule has 0 aliphatic carbocycles. The second-order valence-corrected chi connectivity index (χ2v) is 29.0. The van der Waals surface area contributed by atoms with Crippen LogP contribution in [0.2, 0.25) is 0 Å². The monoisotopic (exact) mass is 1590 g/mol. The molecule has 4 aromatic carbocycles. The van der Waals surface area contributed by atoms with Crippen LogP contribution < -0.4 is 52.0 Å². The molecular weight excluding hydrogens is 1490 g/mol. The van der Waals surface area contributed by atoms with Gasteiger partial charge in [-0.05, 0) is 141 Å². The first-order valence-electron chi connectivity index (χ1n) is 37.4. The van der Waals surface area contributed by atoms with Crippen LogP contribution >= 0.6 is 22.9 Å². The zero-order valence-electron chi connectivity index (χ0n) is 63.5. The fraction of sp³-hybridized carbons (Fsp3) is 0.462. The summed E-state index contributed by atoms with van der Waals surface area (Å²) in [6.45, 7) is 11.9. The van der Waals surface area contributed by atoms with E-state index in [1.54, 1.807) is 93.5 Å². The number of nitrogens with one attached hydrogen (secondary N) is 8. The third kappa shape index (κ3) is 23.7. The Bertz CT molecular complexity index is 4470. The number of aromatic amines is 2. The zero-order valence-corrected chi connectivity index (χ0v) is 65.1. The van der Waals surface area contributed by atoms with E-state index in [1.807, 2.05) is 30.5 Å². The molecule has 6 heterocycles. The van der Waals surface area contributed by atoms with Gasteiger partial charge < -0.3 is 95.7 Å². The molecule has 11 N–H and O–H groups in total. The Morgan fingerprint density at radius 3 is 2.07 bits per heavy atom. The van der Waals surface area contributed by atoms with E-state index in [4.69, 9.17) is 50.5 Å². The number of aliphatic hydroxyl groups excluding tert-OH is 1. The number of aryl methyl sites for hydroxylation is 1. The highest BCUT2D eigenvalue weighted by Gasteiger charge is 2.38. The molecule has 11 amide bonds. The minimum absolute atomic E-state index is 0.00513. The van der Waals surface area contributed by atoms with E-state index in [1.165, 1.54) is 46.1 Å². The molecule has 3 aliphatic heterocycles. The molecule has 112 heavy (non-hydrogen) atoms. The van der Waals surface area contributed by atoms with Gasteiger partial charge >= 0.3 is 12.1 Å². The van der Waals surface area contributed by atoms with Gasteiger partial charge in [-0.15, -0.1) is 22.9 Å². The Balaban J connectivity index is 0.634. The van der Waals surface area contributed by atoms with E-state index >= 15 is 0 Å². The number of alkyl halides is 1. The number of imide groups is 1. The van der Waals surface area contributed by atoms with Gasteiger partial charge in [0.2, 0.25) is 30.0 Å². The number of urea groups is 1. The molecule has 0 spiro atoms. The number of benzene rings is 4. The molecule has 4 atom stereocenters. The molecule has 4 unspecified atom stereocenters. The molecule has 3 aromatic heterocycles. The summed E-state index contributed by atoms with van der Waals surface area (Å²) in [4.78, 5) is 144. The number of aromatic nitrogens is 2. The maximum atomic E-state index is 14.7. The van der Waals surface area contributed by atoms with Crippen molar-refractivity contribution < 1.29 is 86.2 Å². The molecule has 10 rings (SSSR count). The van der Waals surface area contributed by atoms with Crippen molar-refractivity contribution >= 4 is 131 Å². The SMILES string of the molecule is Cc1csc2c(OC(=O)N(C)CCN(C)C(O)OCc3ccc(NC(=O)C(CCCNC(N)=O)NC(=O)C(NC(=O)CCOCCOCCOCCOCCNC(=O)CCN4C(=O)C=CC4=O)C(C)C)cc3)cc3c(c12)C(CCl)CN3C(=O)c1cc2cc(NC(=O)c3cc4cc(OCCN5CCCC5)ccc4[nH]3)ccc2[nH]1. The highest BCUT2D eigenvalue weighted by atomic mass is 35.5. The highest BCUT2D eigenvalue weighted by Crippen LogP contribution is 2.49. The van der Waals surface area contributed by atoms with E-state index in [0.29, 0.717) is 64.7 Å². The number of carbonyl (C=O) groups is 10. The predicted octanol–water partition coefficient (Wildman–Crippen LogP) is 6.64. The average Bonchev–Trinajstić information content (AvgIpc) is 1.57. The molecule has 0 radical (unpaired) electrons. The van der Waals surface area contributed by atoms with Crippen LogP contribution in [0.1, 0.15) is 96.0 Å². The van der Waals surface area contributed by atoms with E-state index in [-0.39, 0.29) is 152 Å². The number of ether oxygens (including phenoxy) is 7. The summed E-state index contributed by atoms with van der Waals surface area (Å²) in [5.74, 6) is -2.84. The Hall–Kier alpha value is -10.1. The Labute approximate surface area is 656 Å². The number of nitrogens with two attached hydrogens (primary N) is 1. The molecule has 0 saturated carbocycles. The molecule has 3 aliphatic rings. The number of hydrogen-bond donors (Lipinski definition) is 10. The number of likely N-dealkylation sites (tertiary alicyclic amines) is 1. The van der Waals surface area contributed by atoms with Crippen molar-refractivity contribution in [3.8, 4) is 11.5 Å². The van der Waals surface area contributed by atoms with Crippen molar-refractivity contribution in [1.29, 1.82) is 0 Å². The summed E-state index contributed by atoms with van der Waals surface area (Å²) in [6.07, 6.45) is 2.99. The molecule has 34 heteroatoms. The summed E-state index contributed by atoms with van der Waals surface area (Å²) in [5, 5.41) is 31.9. The summed E-state index contributed by atoms with van der Waals surface area (Å²) < 4.78 is 40.7. The number of H-pyrrole nitrogens is 2. The second-order valence-electron chi connectivity index (χ2n) is 27.8. The molecule has 1 fully saturated rings. The molecule has 32 nitrogen and oxygen atoms in total. The number of nitrogens with zero attached hydrogens (tertiary/aromatic N) is 5. The van der Waals surface area contributed by atoms with Crippen LogP contribution in [0.15, 0.2) is 96.4 Å². The third-order valence-corrected chi connectivity index (χ3v) is 20.6. The van der Waals surface area contributed by atoms with E-state index in [9.17, 15) is 53.1 Å². The van der Waals surface area contributed by atoms with Crippen molar-refractivity contribution in [2.24, 2.45) is 11.7 Å². The third-order valence-electron chi connectivity index (χ3n) is 19.1. The number of rotatable bonds is 44. The molecule has 0 bridgehead atoms. The van der Waals surface area contributed by atoms with Gasteiger partial charge in [0.1, 0.15) is 35.8 Å². The van der Waals surface area contributed by atoms with Crippen molar-refractivity contribution in [1.82, 2.24) is 50.8 Å². The quantitative estimate of drug-likeness (QED) is 0.00828. The van der Waals surface area contributed by atoms with Crippen LogP contribution in [0.4, 0.5) is 26.7 Å². The number of amides is 11. The normalized spacial score (nSPS) is 15.0. The minimum Gasteiger partial charge on any atom is -0.492 e. The summed E-state index contributed by atoms with van der Waals surface area (Å²) in [5.41, 5.74) is 11.4. The molecule has 602 valence electrons. The molecular formula is C78H99ClN14O18S. The molecule has 7 aromatic rings. The zero-order chi connectivity index (χ0) is 79.8. The second kappa shape index (κ2) is 41.5. The summed E-state index contributed by atoms with van der Waals surface area (Å²) in [6, 6.07) is 20.1. The number of hydrogen-bond acceptors (Lipinski definition) is 21. The number of aliphatic hydroxyl groups is 1. The van der Waals surface area contributed by atoms with Crippen LogP contribution in [0.5, 0.6) is 11.5 Å². The van der Waals surface area contributed by atoms with Crippen molar-refractivity contribution in [2.75, 3.05) is 154 Å². The van der Waals surface area contributed by atoms with Gasteiger partial charge in [0.25, 0.3) is 23.6 Å². The number of carbonyl (C=O) groups excluding carboxylic acids is 10. The Kier molecular flexibility index (Phi) is 31.2. The van der Waals surface area contributed by atoms with Crippen LogP contribution in [-0.2, 0) is 59.1 Å². The fourth-order valence-corrected chi connectivity index (χ4v) is 14.2. The van der Waals surface area contributed by atoms with Crippen LogP contribution in [0.25, 0.3) is 31.9 Å².